The van der Waals surface area contributed by atoms with Crippen LogP contribution in [0.5, 0.6) is 0 Å². The number of amides is 2. The van der Waals surface area contributed by atoms with Crippen LogP contribution in [0.15, 0.2) is 48.5 Å². The molecule has 4 rings (SSSR count). The number of methoxy groups -OCH3 is 1. The van der Waals surface area contributed by atoms with E-state index in [-0.39, 0.29) is 31.5 Å². The van der Waals surface area contributed by atoms with E-state index in [4.69, 9.17) is 9.47 Å². The average Bonchev–Trinajstić information content (AvgIpc) is 3.09. The van der Waals surface area contributed by atoms with Crippen LogP contribution >= 0.6 is 0 Å². The number of alkyl carbamates (subject to hydrolysis) is 1. The Labute approximate surface area is 198 Å². The molecule has 0 heterocycles. The Kier molecular flexibility index (Phi) is 7.47. The van der Waals surface area contributed by atoms with E-state index in [2.05, 4.69) is 22.8 Å². The molecule has 180 valence electrons. The molecule has 2 aromatic rings. The number of carboxylic acid groups (broad SMARTS) is 1. The lowest BCUT2D eigenvalue weighted by Crippen LogP contribution is -2.54. The summed E-state index contributed by atoms with van der Waals surface area (Å²) in [4.78, 5) is 36.7. The van der Waals surface area contributed by atoms with Gasteiger partial charge in [-0.25, -0.2) is 4.79 Å². The number of ether oxygens (including phenoxy) is 2. The van der Waals surface area contributed by atoms with Crippen molar-refractivity contribution in [2.24, 2.45) is 5.92 Å². The van der Waals surface area contributed by atoms with Gasteiger partial charge in [0.25, 0.3) is 0 Å². The lowest BCUT2D eigenvalue weighted by molar-refractivity contribution is -0.138. The van der Waals surface area contributed by atoms with Crippen molar-refractivity contribution < 1.29 is 29.0 Å². The van der Waals surface area contributed by atoms with Crippen molar-refractivity contribution in [2.75, 3.05) is 20.3 Å². The van der Waals surface area contributed by atoms with Gasteiger partial charge < -0.3 is 25.2 Å². The first-order valence-corrected chi connectivity index (χ1v) is 11.6. The molecule has 0 bridgehead atoms. The van der Waals surface area contributed by atoms with E-state index in [0.717, 1.165) is 41.5 Å². The summed E-state index contributed by atoms with van der Waals surface area (Å²) in [5.41, 5.74) is 4.45. The molecule has 0 saturated heterocycles. The molecule has 0 spiro atoms. The number of hydrogen-bond donors (Lipinski definition) is 3. The zero-order valence-corrected chi connectivity index (χ0v) is 19.2. The van der Waals surface area contributed by atoms with Crippen molar-refractivity contribution in [1.29, 1.82) is 0 Å². The standard InChI is InChI=1S/C26H30N2O6/c1-33-15-23(25(31)27-22(13-24(29)30)16-7-6-8-16)28-26(32)34-14-21-19-11-4-2-9-17(19)18-10-3-5-12-20(18)21/h2-5,9-12,16,21-23H,6-8,13-15H2,1H3,(H,27,31)(H,28,32)(H,29,30). The predicted molar refractivity (Wildman–Crippen MR) is 125 cm³/mol. The quantitative estimate of drug-likeness (QED) is 0.495. The highest BCUT2D eigenvalue weighted by Crippen LogP contribution is 2.44. The molecule has 1 fully saturated rings. The highest BCUT2D eigenvalue weighted by molar-refractivity contribution is 5.86. The molecule has 2 atom stereocenters. The Hall–Kier alpha value is -3.39. The molecule has 2 aliphatic rings. The number of benzene rings is 2. The third-order valence-electron chi connectivity index (χ3n) is 6.73. The van der Waals surface area contributed by atoms with Crippen molar-refractivity contribution in [3.8, 4) is 11.1 Å². The average molecular weight is 467 g/mol. The minimum absolute atomic E-state index is 0.0551. The Morgan fingerprint density at radius 1 is 1.00 bits per heavy atom. The predicted octanol–water partition coefficient (Wildman–Crippen LogP) is 3.30. The fourth-order valence-corrected chi connectivity index (χ4v) is 4.78. The molecule has 8 nitrogen and oxygen atoms in total. The molecule has 8 heteroatoms. The number of rotatable bonds is 10. The van der Waals surface area contributed by atoms with Crippen molar-refractivity contribution in [1.82, 2.24) is 10.6 Å². The van der Waals surface area contributed by atoms with E-state index in [1.165, 1.54) is 7.11 Å². The molecular weight excluding hydrogens is 436 g/mol. The van der Waals surface area contributed by atoms with Gasteiger partial charge >= 0.3 is 12.1 Å². The van der Waals surface area contributed by atoms with Gasteiger partial charge in [0.2, 0.25) is 5.91 Å². The van der Waals surface area contributed by atoms with Crippen molar-refractivity contribution in [3.05, 3.63) is 59.7 Å². The number of hydrogen-bond acceptors (Lipinski definition) is 5. The summed E-state index contributed by atoms with van der Waals surface area (Å²) in [6.45, 7) is 0.0748. The van der Waals surface area contributed by atoms with Gasteiger partial charge in [-0.3, -0.25) is 9.59 Å². The van der Waals surface area contributed by atoms with Crippen LogP contribution in [0, 0.1) is 5.92 Å². The Morgan fingerprint density at radius 2 is 1.62 bits per heavy atom. The Bertz CT molecular complexity index is 1010. The van der Waals surface area contributed by atoms with Crippen LogP contribution in [-0.4, -0.2) is 55.5 Å². The maximum atomic E-state index is 12.8. The summed E-state index contributed by atoms with van der Waals surface area (Å²) in [6.07, 6.45) is 1.91. The van der Waals surface area contributed by atoms with E-state index < -0.39 is 30.1 Å². The molecule has 3 N–H and O–H groups in total. The maximum absolute atomic E-state index is 12.8. The third-order valence-corrected chi connectivity index (χ3v) is 6.73. The van der Waals surface area contributed by atoms with Crippen molar-refractivity contribution >= 4 is 18.0 Å². The summed E-state index contributed by atoms with van der Waals surface area (Å²) >= 11 is 0. The first-order valence-electron chi connectivity index (χ1n) is 11.6. The monoisotopic (exact) mass is 466 g/mol. The summed E-state index contributed by atoms with van der Waals surface area (Å²) in [7, 11) is 1.43. The Morgan fingerprint density at radius 3 is 2.15 bits per heavy atom. The zero-order chi connectivity index (χ0) is 24.1. The molecule has 2 aliphatic carbocycles. The van der Waals surface area contributed by atoms with Crippen LogP contribution in [0.4, 0.5) is 4.79 Å². The summed E-state index contributed by atoms with van der Waals surface area (Å²) in [5, 5.41) is 14.6. The smallest absolute Gasteiger partial charge is 0.407 e. The highest BCUT2D eigenvalue weighted by Gasteiger charge is 2.33. The van der Waals surface area contributed by atoms with Crippen LogP contribution < -0.4 is 10.6 Å². The Balaban J connectivity index is 1.38. The van der Waals surface area contributed by atoms with E-state index in [0.29, 0.717) is 0 Å². The number of carbonyl (C=O) groups is 3. The minimum Gasteiger partial charge on any atom is -0.481 e. The maximum Gasteiger partial charge on any atom is 0.407 e. The van der Waals surface area contributed by atoms with Crippen LogP contribution in [0.3, 0.4) is 0 Å². The molecule has 0 aliphatic heterocycles. The molecule has 2 unspecified atom stereocenters. The molecule has 0 aromatic heterocycles. The van der Waals surface area contributed by atoms with E-state index in [1.807, 2.05) is 36.4 Å². The molecule has 2 aromatic carbocycles. The van der Waals surface area contributed by atoms with Gasteiger partial charge in [0, 0.05) is 19.1 Å². The molecule has 34 heavy (non-hydrogen) atoms. The topological polar surface area (TPSA) is 114 Å². The second-order valence-corrected chi connectivity index (χ2v) is 8.88. The third kappa shape index (κ3) is 5.22. The summed E-state index contributed by atoms with van der Waals surface area (Å²) in [6, 6.07) is 14.6. The summed E-state index contributed by atoms with van der Waals surface area (Å²) in [5.74, 6) is -1.40. The fraction of sp³-hybridized carbons (Fsp3) is 0.423. The van der Waals surface area contributed by atoms with Gasteiger partial charge in [0.05, 0.1) is 13.0 Å². The van der Waals surface area contributed by atoms with Crippen molar-refractivity contribution in [3.63, 3.8) is 0 Å². The summed E-state index contributed by atoms with van der Waals surface area (Å²) < 4.78 is 10.6. The number of carbonyl (C=O) groups excluding carboxylic acids is 2. The largest absolute Gasteiger partial charge is 0.481 e. The van der Waals surface area contributed by atoms with Crippen LogP contribution in [0.2, 0.25) is 0 Å². The van der Waals surface area contributed by atoms with Crippen molar-refractivity contribution in [2.45, 2.75) is 43.7 Å². The van der Waals surface area contributed by atoms with E-state index >= 15 is 0 Å². The number of fused-ring (bicyclic) bond motifs is 3. The first kappa shape index (κ1) is 23.8. The SMILES string of the molecule is COCC(NC(=O)OCC1c2ccccc2-c2ccccc21)C(=O)NC(CC(=O)O)C1CCC1. The van der Waals surface area contributed by atoms with Crippen LogP contribution in [-0.2, 0) is 19.1 Å². The molecule has 0 radical (unpaired) electrons. The van der Waals surface area contributed by atoms with E-state index in [1.54, 1.807) is 0 Å². The van der Waals surface area contributed by atoms with Gasteiger partial charge in [0.15, 0.2) is 0 Å². The lowest BCUT2D eigenvalue weighted by Gasteiger charge is -2.34. The second kappa shape index (κ2) is 10.7. The fourth-order valence-electron chi connectivity index (χ4n) is 4.78. The molecule has 2 amide bonds. The van der Waals surface area contributed by atoms with E-state index in [9.17, 15) is 19.5 Å². The van der Waals surface area contributed by atoms with Crippen LogP contribution in [0.25, 0.3) is 11.1 Å². The number of aliphatic carboxylic acids is 1. The molecule has 1 saturated carbocycles. The zero-order valence-electron chi connectivity index (χ0n) is 19.2. The normalized spacial score (nSPS) is 16.5. The minimum atomic E-state index is -0.989. The van der Waals surface area contributed by atoms with Gasteiger partial charge in [-0.1, -0.05) is 55.0 Å². The van der Waals surface area contributed by atoms with Gasteiger partial charge in [-0.2, -0.15) is 0 Å². The number of nitrogens with one attached hydrogen (secondary N) is 2. The van der Waals surface area contributed by atoms with Crippen LogP contribution in [0.1, 0.15) is 42.7 Å². The molecular formula is C26H30N2O6. The van der Waals surface area contributed by atoms with Gasteiger partial charge in [-0.15, -0.1) is 0 Å². The van der Waals surface area contributed by atoms with Gasteiger partial charge in [0.1, 0.15) is 12.6 Å². The van der Waals surface area contributed by atoms with Gasteiger partial charge in [-0.05, 0) is 41.0 Å². The first-order chi connectivity index (χ1) is 16.5. The number of carboxylic acids is 1. The lowest BCUT2D eigenvalue weighted by atomic mass is 9.78. The highest BCUT2D eigenvalue weighted by atomic mass is 16.5. The second-order valence-electron chi connectivity index (χ2n) is 8.88.